The van der Waals surface area contributed by atoms with Gasteiger partial charge in [0, 0.05) is 4.47 Å². The second kappa shape index (κ2) is 7.96. The molecular formula is C17H18BrNO3. The standard InChI is InChI=1S/C17H18BrNO3/c1-2-13(11-20)19-17(21)15-8-3-4-9-16(15)22-14-7-5-6-12(18)10-14/h3-10,13,20H,2,11H2,1H3,(H,19,21)/t13-/m1/s1. The third-order valence-electron chi connectivity index (χ3n) is 3.20. The first-order valence-corrected chi connectivity index (χ1v) is 7.87. The Morgan fingerprint density at radius 1 is 1.27 bits per heavy atom. The number of hydrogen-bond acceptors (Lipinski definition) is 3. The van der Waals surface area contributed by atoms with Crippen molar-refractivity contribution in [1.29, 1.82) is 0 Å². The Morgan fingerprint density at radius 3 is 2.73 bits per heavy atom. The number of para-hydroxylation sites is 1. The van der Waals surface area contributed by atoms with Gasteiger partial charge in [0.15, 0.2) is 0 Å². The summed E-state index contributed by atoms with van der Waals surface area (Å²) < 4.78 is 6.71. The second-order valence-corrected chi connectivity index (χ2v) is 5.73. The summed E-state index contributed by atoms with van der Waals surface area (Å²) in [5.74, 6) is 0.862. The molecule has 2 aromatic rings. The number of ether oxygens (including phenoxy) is 1. The highest BCUT2D eigenvalue weighted by molar-refractivity contribution is 9.10. The molecule has 0 heterocycles. The van der Waals surface area contributed by atoms with E-state index in [9.17, 15) is 9.90 Å². The summed E-state index contributed by atoms with van der Waals surface area (Å²) in [6.45, 7) is 1.82. The van der Waals surface area contributed by atoms with E-state index in [4.69, 9.17) is 4.74 Å². The number of aliphatic hydroxyl groups is 1. The van der Waals surface area contributed by atoms with Gasteiger partial charge in [-0.05, 0) is 36.8 Å². The van der Waals surface area contributed by atoms with E-state index in [1.165, 1.54) is 0 Å². The molecule has 0 bridgehead atoms. The molecule has 0 spiro atoms. The average molecular weight is 364 g/mol. The molecule has 0 aliphatic heterocycles. The van der Waals surface area contributed by atoms with Crippen molar-refractivity contribution in [3.63, 3.8) is 0 Å². The van der Waals surface area contributed by atoms with E-state index in [0.29, 0.717) is 23.5 Å². The zero-order valence-electron chi connectivity index (χ0n) is 12.3. The predicted octanol–water partition coefficient (Wildman–Crippen LogP) is 3.74. The molecule has 1 amide bonds. The van der Waals surface area contributed by atoms with E-state index in [1.54, 1.807) is 18.2 Å². The minimum atomic E-state index is -0.258. The predicted molar refractivity (Wildman–Crippen MR) is 89.3 cm³/mol. The highest BCUT2D eigenvalue weighted by atomic mass is 79.9. The third kappa shape index (κ3) is 4.32. The number of carbonyl (C=O) groups is 1. The van der Waals surface area contributed by atoms with Crippen LogP contribution in [0.15, 0.2) is 53.0 Å². The SMILES string of the molecule is CC[C@H](CO)NC(=O)c1ccccc1Oc1cccc(Br)c1. The molecule has 4 nitrogen and oxygen atoms in total. The summed E-state index contributed by atoms with van der Waals surface area (Å²) in [5.41, 5.74) is 0.439. The number of rotatable bonds is 6. The summed E-state index contributed by atoms with van der Waals surface area (Å²) in [7, 11) is 0. The number of nitrogens with one attached hydrogen (secondary N) is 1. The summed E-state index contributed by atoms with van der Waals surface area (Å²) in [6.07, 6.45) is 0.664. The zero-order valence-corrected chi connectivity index (χ0v) is 13.8. The topological polar surface area (TPSA) is 58.6 Å². The Bertz CT molecular complexity index is 641. The molecule has 0 saturated heterocycles. The normalized spacial score (nSPS) is 11.8. The van der Waals surface area contributed by atoms with Gasteiger partial charge in [-0.1, -0.05) is 41.1 Å². The highest BCUT2D eigenvalue weighted by Gasteiger charge is 2.16. The van der Waals surface area contributed by atoms with Crippen LogP contribution in [0.3, 0.4) is 0 Å². The van der Waals surface area contributed by atoms with Gasteiger partial charge in [-0.2, -0.15) is 0 Å². The van der Waals surface area contributed by atoms with Crippen LogP contribution in [0.2, 0.25) is 0 Å². The summed E-state index contributed by atoms with van der Waals surface area (Å²) in [4.78, 5) is 12.3. The molecule has 5 heteroatoms. The van der Waals surface area contributed by atoms with Crippen molar-refractivity contribution in [1.82, 2.24) is 5.32 Å². The van der Waals surface area contributed by atoms with E-state index < -0.39 is 0 Å². The lowest BCUT2D eigenvalue weighted by atomic mass is 10.1. The van der Waals surface area contributed by atoms with Gasteiger partial charge in [0.25, 0.3) is 5.91 Å². The van der Waals surface area contributed by atoms with E-state index >= 15 is 0 Å². The lowest BCUT2D eigenvalue weighted by Crippen LogP contribution is -2.37. The second-order valence-electron chi connectivity index (χ2n) is 4.82. The lowest BCUT2D eigenvalue weighted by Gasteiger charge is -2.16. The summed E-state index contributed by atoms with van der Waals surface area (Å²) in [5, 5.41) is 12.0. The fourth-order valence-corrected chi connectivity index (χ4v) is 2.32. The molecule has 0 saturated carbocycles. The average Bonchev–Trinajstić information content (AvgIpc) is 2.53. The maximum atomic E-state index is 12.3. The monoisotopic (exact) mass is 363 g/mol. The fourth-order valence-electron chi connectivity index (χ4n) is 1.94. The molecule has 2 N–H and O–H groups in total. The molecule has 0 aliphatic rings. The van der Waals surface area contributed by atoms with Gasteiger partial charge in [0.1, 0.15) is 11.5 Å². The molecule has 116 valence electrons. The van der Waals surface area contributed by atoms with Crippen LogP contribution in [0.5, 0.6) is 11.5 Å². The van der Waals surface area contributed by atoms with E-state index in [2.05, 4.69) is 21.2 Å². The first-order chi connectivity index (χ1) is 10.6. The Kier molecular flexibility index (Phi) is 5.98. The van der Waals surface area contributed by atoms with Crippen molar-refractivity contribution >= 4 is 21.8 Å². The third-order valence-corrected chi connectivity index (χ3v) is 3.70. The van der Waals surface area contributed by atoms with Gasteiger partial charge in [-0.25, -0.2) is 0 Å². The molecule has 1 atom stereocenters. The summed E-state index contributed by atoms with van der Waals surface area (Å²) >= 11 is 3.39. The largest absolute Gasteiger partial charge is 0.456 e. The molecule has 0 unspecified atom stereocenters. The van der Waals surface area contributed by atoms with Gasteiger partial charge >= 0.3 is 0 Å². The maximum absolute atomic E-state index is 12.3. The van der Waals surface area contributed by atoms with Crippen molar-refractivity contribution in [3.8, 4) is 11.5 Å². The fraction of sp³-hybridized carbons (Fsp3) is 0.235. The number of benzene rings is 2. The zero-order chi connectivity index (χ0) is 15.9. The highest BCUT2D eigenvalue weighted by Crippen LogP contribution is 2.27. The first kappa shape index (κ1) is 16.5. The van der Waals surface area contributed by atoms with E-state index in [1.807, 2.05) is 37.3 Å². The van der Waals surface area contributed by atoms with Crippen molar-refractivity contribution in [2.75, 3.05) is 6.61 Å². The molecule has 0 aliphatic carbocycles. The Balaban J connectivity index is 2.21. The Hall–Kier alpha value is -1.85. The van der Waals surface area contributed by atoms with Crippen LogP contribution < -0.4 is 10.1 Å². The van der Waals surface area contributed by atoms with Crippen LogP contribution in [0.4, 0.5) is 0 Å². The molecule has 2 aromatic carbocycles. The van der Waals surface area contributed by atoms with Gasteiger partial charge < -0.3 is 15.2 Å². The van der Waals surface area contributed by atoms with Crippen LogP contribution in [-0.2, 0) is 0 Å². The van der Waals surface area contributed by atoms with Crippen LogP contribution in [0, 0.1) is 0 Å². The van der Waals surface area contributed by atoms with Crippen molar-refractivity contribution in [2.45, 2.75) is 19.4 Å². The quantitative estimate of drug-likeness (QED) is 0.821. The van der Waals surface area contributed by atoms with E-state index in [-0.39, 0.29) is 18.6 Å². The minimum Gasteiger partial charge on any atom is -0.456 e. The number of carbonyl (C=O) groups excluding carboxylic acids is 1. The van der Waals surface area contributed by atoms with Crippen molar-refractivity contribution in [3.05, 3.63) is 58.6 Å². The maximum Gasteiger partial charge on any atom is 0.255 e. The number of aliphatic hydroxyl groups excluding tert-OH is 1. The molecule has 0 aromatic heterocycles. The van der Waals surface area contributed by atoms with E-state index in [0.717, 1.165) is 4.47 Å². The van der Waals surface area contributed by atoms with Crippen LogP contribution >= 0.6 is 15.9 Å². The molecule has 0 fully saturated rings. The van der Waals surface area contributed by atoms with Crippen molar-refractivity contribution < 1.29 is 14.6 Å². The Labute approximate surface area is 138 Å². The van der Waals surface area contributed by atoms with Gasteiger partial charge in [-0.3, -0.25) is 4.79 Å². The van der Waals surface area contributed by atoms with Crippen molar-refractivity contribution in [2.24, 2.45) is 0 Å². The lowest BCUT2D eigenvalue weighted by molar-refractivity contribution is 0.0912. The van der Waals surface area contributed by atoms with Gasteiger partial charge in [0.05, 0.1) is 18.2 Å². The van der Waals surface area contributed by atoms with Gasteiger partial charge in [-0.15, -0.1) is 0 Å². The number of halogens is 1. The minimum absolute atomic E-state index is 0.0864. The Morgan fingerprint density at radius 2 is 2.05 bits per heavy atom. The summed E-state index contributed by atoms with van der Waals surface area (Å²) in [6, 6.07) is 14.2. The molecule has 0 radical (unpaired) electrons. The van der Waals surface area contributed by atoms with Crippen LogP contribution in [-0.4, -0.2) is 23.7 Å². The van der Waals surface area contributed by atoms with Gasteiger partial charge in [0.2, 0.25) is 0 Å². The smallest absolute Gasteiger partial charge is 0.255 e. The molecule has 2 rings (SSSR count). The first-order valence-electron chi connectivity index (χ1n) is 7.08. The number of amides is 1. The number of hydrogen-bond donors (Lipinski definition) is 2. The van der Waals surface area contributed by atoms with Crippen LogP contribution in [0.1, 0.15) is 23.7 Å². The molecule has 22 heavy (non-hydrogen) atoms. The molecular weight excluding hydrogens is 346 g/mol. The van der Waals surface area contributed by atoms with Crippen LogP contribution in [0.25, 0.3) is 0 Å².